The van der Waals surface area contributed by atoms with E-state index < -0.39 is 5.97 Å². The molecule has 0 saturated carbocycles. The number of carboxylic acids is 1. The number of hydrogen-bond acceptors (Lipinski definition) is 2. The fraction of sp³-hybridized carbons (Fsp3) is 0.955. The molecule has 0 atom stereocenters. The molecule has 0 spiro atoms. The third-order valence-corrected chi connectivity index (χ3v) is 4.98. The van der Waals surface area contributed by atoms with Crippen molar-refractivity contribution in [3.8, 4) is 0 Å². The molecule has 0 amide bonds. The average molecular weight is 635 g/mol. The first-order chi connectivity index (χ1) is 12.8. The van der Waals surface area contributed by atoms with Gasteiger partial charge in [0, 0.05) is 5.97 Å². The minimum absolute atomic E-state index is 0. The molecule has 0 unspecified atom stereocenters. The zero-order chi connectivity index (χ0) is 19.7. The van der Waals surface area contributed by atoms with Gasteiger partial charge >= 0.3 is 54.3 Å². The van der Waals surface area contributed by atoms with E-state index in [0.29, 0.717) is 0 Å². The predicted molar refractivity (Wildman–Crippen MR) is 112 cm³/mol. The Hall–Kier alpha value is 1.43. The summed E-state index contributed by atoms with van der Waals surface area (Å²) < 4.78 is 0. The normalized spacial score (nSPS) is 10.1. The summed E-state index contributed by atoms with van der Waals surface area (Å²) in [5, 5.41) is 10.3. The Balaban J connectivity index is -0.00000185. The number of carbonyl (C=O) groups is 1. The summed E-state index contributed by atoms with van der Waals surface area (Å²) in [4.78, 5) is 10.3. The number of carboxylic acid groups (broad SMARTS) is 1. The summed E-state index contributed by atoms with van der Waals surface area (Å²) in [6.45, 7) is 2.28. The van der Waals surface area contributed by atoms with Gasteiger partial charge in [-0.15, -0.1) is 0 Å². The number of hydrogen-bond donors (Lipinski definition) is 0. The third kappa shape index (κ3) is 35.3. The van der Waals surface area contributed by atoms with E-state index in [4.69, 9.17) is 0 Å². The number of halogens is 1. The Labute approximate surface area is 204 Å². The molecule has 0 aliphatic heterocycles. The minimum atomic E-state index is -0.901. The van der Waals surface area contributed by atoms with Crippen molar-refractivity contribution in [3.63, 3.8) is 0 Å². The van der Waals surface area contributed by atoms with Crippen molar-refractivity contribution in [3.05, 3.63) is 0 Å². The van der Waals surface area contributed by atoms with Crippen LogP contribution in [0.3, 0.4) is 0 Å². The zero-order valence-electron chi connectivity index (χ0n) is 17.4. The van der Waals surface area contributed by atoms with Crippen LogP contribution in [0.4, 0.5) is 0 Å². The summed E-state index contributed by atoms with van der Waals surface area (Å²) in [7, 11) is 0. The van der Waals surface area contributed by atoms with Gasteiger partial charge in [-0.05, 0) is 12.8 Å². The topological polar surface area (TPSA) is 40.1 Å². The van der Waals surface area contributed by atoms with Crippen molar-refractivity contribution in [1.29, 1.82) is 0 Å². The van der Waals surface area contributed by atoms with Gasteiger partial charge in [0.2, 0.25) is 0 Å². The van der Waals surface area contributed by atoms with Gasteiger partial charge in [0.05, 0.1) is 0 Å². The Kier molecular flexibility index (Phi) is 39.3. The molecule has 27 heavy (non-hydrogen) atoms. The zero-order valence-corrected chi connectivity index (χ0v) is 22.0. The van der Waals surface area contributed by atoms with Crippen LogP contribution < -0.4 is 5.11 Å². The first-order valence-electron chi connectivity index (χ1n) is 11.1. The number of rotatable bonds is 20. The van der Waals surface area contributed by atoms with E-state index in [1.165, 1.54) is 109 Å². The molecule has 0 rings (SSSR count). The first kappa shape index (κ1) is 33.1. The predicted octanol–water partition coefficient (Wildman–Crippen LogP) is 7.40. The molecule has 0 aromatic heterocycles. The monoisotopic (exact) mass is 632 g/mol. The summed E-state index contributed by atoms with van der Waals surface area (Å²) >= 11 is 5.51. The Morgan fingerprint density at radius 2 is 0.815 bits per heavy atom. The molecule has 0 saturated heterocycles. The molecule has 0 bridgehead atoms. The van der Waals surface area contributed by atoms with Gasteiger partial charge < -0.3 is 9.90 Å². The second-order valence-corrected chi connectivity index (χ2v) is 7.49. The average Bonchev–Trinajstić information content (AvgIpc) is 2.65. The van der Waals surface area contributed by atoms with Crippen molar-refractivity contribution in [2.75, 3.05) is 0 Å². The van der Waals surface area contributed by atoms with Crippen molar-refractivity contribution in [1.82, 2.24) is 0 Å². The van der Waals surface area contributed by atoms with Crippen LogP contribution in [0, 0.1) is 0 Å². The van der Waals surface area contributed by atoms with Gasteiger partial charge in [-0.3, -0.25) is 0 Å². The molecule has 0 radical (unpaired) electrons. The molecule has 0 aliphatic rings. The summed E-state index contributed by atoms with van der Waals surface area (Å²) in [5.41, 5.74) is 0. The van der Waals surface area contributed by atoms with Crippen LogP contribution in [-0.4, -0.2) is 5.97 Å². The first-order valence-corrected chi connectivity index (χ1v) is 14.5. The van der Waals surface area contributed by atoms with E-state index in [1.54, 1.807) is 0 Å². The molecule has 0 fully saturated rings. The number of unbranched alkanes of at least 4 members (excludes halogenated alkanes) is 18. The van der Waals surface area contributed by atoms with Crippen LogP contribution in [0.25, 0.3) is 0 Å². The molecule has 0 aromatic carbocycles. The maximum atomic E-state index is 10.3. The van der Waals surface area contributed by atoms with Crippen molar-refractivity contribution in [2.24, 2.45) is 0 Å². The van der Waals surface area contributed by atoms with E-state index in [9.17, 15) is 9.90 Å². The van der Waals surface area contributed by atoms with Gasteiger partial charge in [-0.1, -0.05) is 122 Å². The number of carbonyl (C=O) groups excluding carboxylic acids is 1. The van der Waals surface area contributed by atoms with Gasteiger partial charge in [-0.25, -0.2) is 0 Å². The van der Waals surface area contributed by atoms with Gasteiger partial charge in [-0.2, -0.15) is 0 Å². The Bertz CT molecular complexity index is 267. The molecular formula is C22H43Ag2BrO2. The van der Waals surface area contributed by atoms with Gasteiger partial charge in [0.1, 0.15) is 0 Å². The van der Waals surface area contributed by atoms with Crippen molar-refractivity contribution < 1.29 is 51.2 Å². The summed E-state index contributed by atoms with van der Waals surface area (Å²) in [6, 6.07) is 0. The number of aliphatic carboxylic acids is 1. The quantitative estimate of drug-likeness (QED) is 0.103. The molecule has 0 heterocycles. The fourth-order valence-electron chi connectivity index (χ4n) is 3.35. The molecule has 5 heteroatoms. The van der Waals surface area contributed by atoms with Crippen LogP contribution in [0.15, 0.2) is 0 Å². The van der Waals surface area contributed by atoms with E-state index in [2.05, 4.69) is 38.9 Å². The Morgan fingerprint density at radius 3 is 1.04 bits per heavy atom. The molecule has 0 aromatic rings. The van der Waals surface area contributed by atoms with Crippen LogP contribution in [0.5, 0.6) is 0 Å². The second kappa shape index (κ2) is 32.1. The van der Waals surface area contributed by atoms with Crippen LogP contribution in [-0.2, 0) is 46.1 Å². The van der Waals surface area contributed by atoms with Gasteiger partial charge in [0.25, 0.3) is 0 Å². The summed E-state index contributed by atoms with van der Waals surface area (Å²) in [5.74, 6) is -0.901. The van der Waals surface area contributed by atoms with Gasteiger partial charge in [0.15, 0.2) is 0 Å². The molecule has 172 valence electrons. The van der Waals surface area contributed by atoms with E-state index in [-0.39, 0.29) is 28.8 Å². The maximum absolute atomic E-state index is 10.3. The molecule has 2 nitrogen and oxygen atoms in total. The van der Waals surface area contributed by atoms with E-state index in [1.807, 2.05) is 0 Å². The SMILES string of the molecule is CCCCCCCCCCCCCCCCCCCCCC(=O)[O-].[Ag+].[Br][Ag]. The van der Waals surface area contributed by atoms with Crippen molar-refractivity contribution in [2.45, 2.75) is 135 Å². The molecule has 0 N–H and O–H groups in total. The van der Waals surface area contributed by atoms with Crippen LogP contribution in [0.1, 0.15) is 135 Å². The van der Waals surface area contributed by atoms with Crippen molar-refractivity contribution >= 4 is 19.0 Å². The molecule has 0 aliphatic carbocycles. The summed E-state index contributed by atoms with van der Waals surface area (Å²) in [6.07, 6.45) is 25.7. The van der Waals surface area contributed by atoms with Crippen LogP contribution >= 0.6 is 13.0 Å². The Morgan fingerprint density at radius 1 is 0.593 bits per heavy atom. The van der Waals surface area contributed by atoms with E-state index >= 15 is 0 Å². The molecular weight excluding hydrogens is 592 g/mol. The third-order valence-electron chi connectivity index (χ3n) is 4.98. The van der Waals surface area contributed by atoms with Crippen LogP contribution in [0.2, 0.25) is 0 Å². The standard InChI is InChI=1S/C22H44O2.2Ag.BrH/c1-2-3-4-5-6-7-8-9-10-11-12-13-14-15-16-17-18-19-20-21-22(23)24;;;/h2-21H2,1H3,(H,23,24);;;1H/q;2*+1;/p-2. The van der Waals surface area contributed by atoms with E-state index in [0.717, 1.165) is 12.8 Å². The fourth-order valence-corrected chi connectivity index (χ4v) is 3.35. The second-order valence-electron chi connectivity index (χ2n) is 7.49.